The highest BCUT2D eigenvalue weighted by Crippen LogP contribution is 1.87. The predicted molar refractivity (Wildman–Crippen MR) is 69.5 cm³/mol. The van der Waals surface area contributed by atoms with E-state index in [0.717, 1.165) is 13.1 Å². The summed E-state index contributed by atoms with van der Waals surface area (Å²) < 4.78 is 0.579. The zero-order chi connectivity index (χ0) is 9.98. The second-order valence-corrected chi connectivity index (χ2v) is 3.47. The van der Waals surface area contributed by atoms with Crippen LogP contribution in [0.5, 0.6) is 0 Å². The summed E-state index contributed by atoms with van der Waals surface area (Å²) >= 11 is 9.51. The lowest BCUT2D eigenvalue weighted by Gasteiger charge is -2.24. The van der Waals surface area contributed by atoms with Crippen LogP contribution in [0.25, 0.3) is 0 Å². The predicted octanol–water partition coefficient (Wildman–Crippen LogP) is 3.34. The first-order chi connectivity index (χ1) is 5.63. The number of unbranched alkanes of at least 4 members (excludes halogenated alkanes) is 1. The Morgan fingerprint density at radius 3 is 1.38 bits per heavy atom. The van der Waals surface area contributed by atoms with Crippen molar-refractivity contribution in [3.05, 3.63) is 0 Å². The van der Waals surface area contributed by atoms with Gasteiger partial charge in [-0.3, -0.25) is 0 Å². The summed E-state index contributed by atoms with van der Waals surface area (Å²) in [7, 11) is 0. The summed E-state index contributed by atoms with van der Waals surface area (Å²) in [5.41, 5.74) is 0. The molecule has 0 aromatic carbocycles. The van der Waals surface area contributed by atoms with Crippen molar-refractivity contribution in [3.8, 4) is 0 Å². The van der Waals surface area contributed by atoms with Crippen molar-refractivity contribution >= 4 is 29.2 Å². The molecular formula is C9H24N2S2. The highest BCUT2D eigenvalue weighted by atomic mass is 32.1. The number of quaternary nitrogens is 1. The van der Waals surface area contributed by atoms with Gasteiger partial charge in [0.05, 0.1) is 0 Å². The van der Waals surface area contributed by atoms with Crippen LogP contribution in [0.4, 0.5) is 0 Å². The van der Waals surface area contributed by atoms with Crippen LogP contribution in [0, 0.1) is 0 Å². The fraction of sp³-hybridized carbons (Fsp3) is 0.889. The van der Waals surface area contributed by atoms with E-state index in [2.05, 4.69) is 13.8 Å². The van der Waals surface area contributed by atoms with Gasteiger partial charge < -0.3 is 35.9 Å². The highest BCUT2D eigenvalue weighted by molar-refractivity contribution is 8.00. The Kier molecular flexibility index (Phi) is 21.1. The van der Waals surface area contributed by atoms with Gasteiger partial charge in [0, 0.05) is 13.1 Å². The van der Waals surface area contributed by atoms with E-state index in [-0.39, 0.29) is 6.15 Å². The Morgan fingerprint density at radius 2 is 1.38 bits per heavy atom. The molecule has 0 bridgehead atoms. The molecule has 4 N–H and O–H groups in total. The molecule has 0 aliphatic rings. The fourth-order valence-electron chi connectivity index (χ4n) is 0.482. The smallest absolute Gasteiger partial charge is 0.0133 e. The molecule has 0 amide bonds. The van der Waals surface area contributed by atoms with Gasteiger partial charge >= 0.3 is 0 Å². The number of hydrogen-bond acceptors (Lipinski definition) is 2. The molecule has 0 spiro atoms. The van der Waals surface area contributed by atoms with Gasteiger partial charge in [-0.05, 0) is 13.8 Å². The van der Waals surface area contributed by atoms with Crippen LogP contribution in [-0.2, 0) is 12.6 Å². The summed E-state index contributed by atoms with van der Waals surface area (Å²) in [6.45, 7) is 10.3. The summed E-state index contributed by atoms with van der Waals surface area (Å²) in [6.07, 6.45) is 2.64. The molecule has 0 saturated heterocycles. The van der Waals surface area contributed by atoms with E-state index in [1.807, 2.05) is 18.7 Å². The molecule has 0 aliphatic carbocycles. The normalized spacial score (nSPS) is 7.69. The maximum absolute atomic E-state index is 4.76. The molecule has 0 heterocycles. The van der Waals surface area contributed by atoms with E-state index in [4.69, 9.17) is 24.8 Å². The molecule has 0 radical (unpaired) electrons. The van der Waals surface area contributed by atoms with Crippen LogP contribution >= 0.6 is 12.2 Å². The molecule has 0 fully saturated rings. The Balaban J connectivity index is -0.000000173. The Morgan fingerprint density at radius 1 is 1.08 bits per heavy atom. The first-order valence-corrected chi connectivity index (χ1v) is 5.41. The Bertz CT molecular complexity index is 102. The Labute approximate surface area is 94.1 Å². The molecule has 2 nitrogen and oxygen atoms in total. The molecule has 0 atom stereocenters. The lowest BCUT2D eigenvalue weighted by molar-refractivity contribution is 0.482. The summed E-state index contributed by atoms with van der Waals surface area (Å²) in [5.74, 6) is 0. The molecule has 0 aliphatic heterocycles. The van der Waals surface area contributed by atoms with Crippen LogP contribution in [0.3, 0.4) is 0 Å². The largest absolute Gasteiger partial charge is 0.411 e. The minimum Gasteiger partial charge on any atom is -0.411 e. The van der Waals surface area contributed by atoms with E-state index in [0.29, 0.717) is 4.32 Å². The molecular weight excluding hydrogens is 200 g/mol. The fourth-order valence-corrected chi connectivity index (χ4v) is 0.998. The number of thiocarbonyl (C=S) groups is 1. The summed E-state index contributed by atoms with van der Waals surface area (Å²) in [6, 6.07) is 0. The van der Waals surface area contributed by atoms with E-state index in [9.17, 15) is 0 Å². The molecule has 0 saturated carbocycles. The maximum Gasteiger partial charge on any atom is 0.0133 e. The molecule has 0 aromatic heterocycles. The second kappa shape index (κ2) is 14.6. The average Bonchev–Trinajstić information content (AvgIpc) is 2.07. The zero-order valence-corrected chi connectivity index (χ0v) is 11.2. The van der Waals surface area contributed by atoms with Crippen LogP contribution in [0.15, 0.2) is 0 Å². The summed E-state index contributed by atoms with van der Waals surface area (Å²) in [4.78, 5) is 1.96. The third-order valence-corrected chi connectivity index (χ3v) is 2.04. The van der Waals surface area contributed by atoms with Crippen molar-refractivity contribution in [2.24, 2.45) is 0 Å². The topological polar surface area (TPSA) is 39.7 Å². The monoisotopic (exact) mass is 224 g/mol. The SMILES string of the molecule is CCCC.CCN(CC)C(=S)[S-].[NH4+]. The van der Waals surface area contributed by atoms with Gasteiger partial charge in [0.15, 0.2) is 0 Å². The van der Waals surface area contributed by atoms with E-state index in [1.54, 1.807) is 0 Å². The van der Waals surface area contributed by atoms with Crippen LogP contribution in [0.2, 0.25) is 0 Å². The van der Waals surface area contributed by atoms with Crippen LogP contribution in [-0.4, -0.2) is 22.3 Å². The van der Waals surface area contributed by atoms with Crippen molar-refractivity contribution in [1.82, 2.24) is 11.1 Å². The minimum absolute atomic E-state index is 0. The first kappa shape index (κ1) is 18.8. The van der Waals surface area contributed by atoms with E-state index in [1.165, 1.54) is 12.8 Å². The van der Waals surface area contributed by atoms with E-state index >= 15 is 0 Å². The Hall–Kier alpha value is 0.0700. The van der Waals surface area contributed by atoms with Crippen molar-refractivity contribution in [2.45, 2.75) is 40.5 Å². The third kappa shape index (κ3) is 14.9. The standard InChI is InChI=1S/C5H11NS2.C4H10.H3N/c1-3-6(4-2)5(7)8;1-3-4-2;/h3-4H2,1-2H3,(H,7,8);3-4H2,1-2H3;1H3. The molecule has 0 aromatic rings. The first-order valence-electron chi connectivity index (χ1n) is 4.59. The zero-order valence-electron chi connectivity index (χ0n) is 9.59. The van der Waals surface area contributed by atoms with Gasteiger partial charge in [-0.1, -0.05) is 31.0 Å². The number of hydrogen-bond donors (Lipinski definition) is 1. The lowest BCUT2D eigenvalue weighted by Crippen LogP contribution is -2.26. The van der Waals surface area contributed by atoms with Crippen molar-refractivity contribution in [1.29, 1.82) is 0 Å². The minimum atomic E-state index is 0. The van der Waals surface area contributed by atoms with Gasteiger partial charge in [0.2, 0.25) is 0 Å². The quantitative estimate of drug-likeness (QED) is 0.590. The van der Waals surface area contributed by atoms with Crippen LogP contribution in [0.1, 0.15) is 40.5 Å². The lowest BCUT2D eigenvalue weighted by atomic mass is 10.4. The van der Waals surface area contributed by atoms with Gasteiger partial charge in [-0.2, -0.15) is 0 Å². The van der Waals surface area contributed by atoms with Crippen LogP contribution < -0.4 is 6.15 Å². The van der Waals surface area contributed by atoms with E-state index < -0.39 is 0 Å². The van der Waals surface area contributed by atoms with Crippen molar-refractivity contribution in [2.75, 3.05) is 13.1 Å². The number of nitrogens with zero attached hydrogens (tertiary/aromatic N) is 1. The molecule has 0 unspecified atom stereocenters. The summed E-state index contributed by atoms with van der Waals surface area (Å²) in [5, 5.41) is 0. The maximum atomic E-state index is 4.76. The molecule has 13 heavy (non-hydrogen) atoms. The highest BCUT2D eigenvalue weighted by Gasteiger charge is 1.88. The van der Waals surface area contributed by atoms with Gasteiger partial charge in [0.1, 0.15) is 0 Å². The molecule has 0 rings (SSSR count). The molecule has 4 heteroatoms. The molecule has 82 valence electrons. The van der Waals surface area contributed by atoms with Gasteiger partial charge in [0.25, 0.3) is 0 Å². The van der Waals surface area contributed by atoms with Crippen molar-refractivity contribution in [3.63, 3.8) is 0 Å². The van der Waals surface area contributed by atoms with Gasteiger partial charge in [-0.15, -0.1) is 0 Å². The second-order valence-electron chi connectivity index (χ2n) is 2.44. The van der Waals surface area contributed by atoms with Gasteiger partial charge in [-0.25, -0.2) is 0 Å². The average molecular weight is 224 g/mol. The third-order valence-electron chi connectivity index (χ3n) is 1.52. The number of rotatable bonds is 3. The van der Waals surface area contributed by atoms with Crippen molar-refractivity contribution < 1.29 is 0 Å².